The molecule has 3 aliphatic rings. The fraction of sp³-hybridized carbons (Fsp3) is 0.727. The van der Waals surface area contributed by atoms with Crippen LogP contribution in [0.2, 0.25) is 0 Å². The van der Waals surface area contributed by atoms with Gasteiger partial charge in [-0.3, -0.25) is 4.99 Å². The first-order valence-corrected chi connectivity index (χ1v) is 10.9. The lowest BCUT2D eigenvalue weighted by Crippen LogP contribution is -2.41. The van der Waals surface area contributed by atoms with E-state index in [4.69, 9.17) is 4.74 Å². The summed E-state index contributed by atoms with van der Waals surface area (Å²) in [6.45, 7) is 7.78. The van der Waals surface area contributed by atoms with Crippen molar-refractivity contribution >= 4 is 11.8 Å². The molecule has 0 bridgehead atoms. The van der Waals surface area contributed by atoms with E-state index in [-0.39, 0.29) is 6.10 Å². The molecule has 1 spiro atoms. The highest BCUT2D eigenvalue weighted by Gasteiger charge is 2.39. The molecule has 0 amide bonds. The van der Waals surface area contributed by atoms with Gasteiger partial charge in [-0.05, 0) is 43.2 Å². The van der Waals surface area contributed by atoms with Gasteiger partial charge in [-0.15, -0.1) is 0 Å². The molecular formula is C22H35N5O. The Morgan fingerprint density at radius 2 is 2.11 bits per heavy atom. The average Bonchev–Trinajstić information content (AvgIpc) is 3.12. The highest BCUT2D eigenvalue weighted by Crippen LogP contribution is 2.43. The zero-order valence-corrected chi connectivity index (χ0v) is 17.5. The Bertz CT molecular complexity index is 668. The Morgan fingerprint density at radius 3 is 2.82 bits per heavy atom. The molecule has 3 heterocycles. The molecule has 154 valence electrons. The van der Waals surface area contributed by atoms with Crippen LogP contribution < -0.4 is 10.2 Å². The van der Waals surface area contributed by atoms with Gasteiger partial charge in [-0.1, -0.05) is 25.3 Å². The van der Waals surface area contributed by atoms with Crippen LogP contribution in [0.15, 0.2) is 23.3 Å². The molecule has 4 rings (SSSR count). The first kappa shape index (κ1) is 19.5. The minimum absolute atomic E-state index is 0.271. The number of morpholine rings is 1. The zero-order chi connectivity index (χ0) is 19.4. The van der Waals surface area contributed by atoms with Crippen molar-refractivity contribution in [1.29, 1.82) is 0 Å². The topological polar surface area (TPSA) is 53.0 Å². The second kappa shape index (κ2) is 8.68. The van der Waals surface area contributed by atoms with E-state index >= 15 is 0 Å². The smallest absolute Gasteiger partial charge is 0.193 e. The second-order valence-electron chi connectivity index (χ2n) is 8.79. The van der Waals surface area contributed by atoms with Gasteiger partial charge in [0.05, 0.1) is 12.7 Å². The average molecular weight is 386 g/mol. The number of rotatable bonds is 3. The predicted molar refractivity (Wildman–Crippen MR) is 114 cm³/mol. The van der Waals surface area contributed by atoms with Gasteiger partial charge in [-0.2, -0.15) is 0 Å². The number of pyridine rings is 1. The van der Waals surface area contributed by atoms with Gasteiger partial charge < -0.3 is 19.9 Å². The summed E-state index contributed by atoms with van der Waals surface area (Å²) in [6.07, 6.45) is 10.6. The number of nitrogens with one attached hydrogen (secondary N) is 1. The number of aliphatic imine (C=N–C) groups is 1. The van der Waals surface area contributed by atoms with Crippen LogP contribution in [0.25, 0.3) is 0 Å². The largest absolute Gasteiger partial charge is 0.375 e. The number of aromatic nitrogens is 1. The van der Waals surface area contributed by atoms with Crippen molar-refractivity contribution in [3.8, 4) is 0 Å². The summed E-state index contributed by atoms with van der Waals surface area (Å²) in [5, 5.41) is 3.56. The fourth-order valence-corrected chi connectivity index (χ4v) is 5.07. The summed E-state index contributed by atoms with van der Waals surface area (Å²) < 4.78 is 5.62. The normalized spacial score (nSPS) is 25.4. The molecule has 0 aromatic carbocycles. The van der Waals surface area contributed by atoms with E-state index in [1.165, 1.54) is 50.6 Å². The minimum Gasteiger partial charge on any atom is -0.375 e. The number of guanidine groups is 1. The number of likely N-dealkylation sites (tertiary alicyclic amines) is 1. The summed E-state index contributed by atoms with van der Waals surface area (Å²) in [5.41, 5.74) is 1.74. The van der Waals surface area contributed by atoms with E-state index in [1.54, 1.807) is 0 Å². The maximum absolute atomic E-state index is 5.62. The second-order valence-corrected chi connectivity index (χ2v) is 8.79. The lowest BCUT2D eigenvalue weighted by Gasteiger charge is -2.33. The minimum atomic E-state index is 0.271. The van der Waals surface area contributed by atoms with Crippen LogP contribution >= 0.6 is 0 Å². The van der Waals surface area contributed by atoms with Crippen LogP contribution in [0.3, 0.4) is 0 Å². The third kappa shape index (κ3) is 4.43. The molecule has 1 aromatic rings. The van der Waals surface area contributed by atoms with Crippen LogP contribution in [-0.2, 0) is 11.3 Å². The van der Waals surface area contributed by atoms with Crippen LogP contribution in [-0.4, -0.2) is 61.8 Å². The molecule has 1 atom stereocenters. The van der Waals surface area contributed by atoms with Gasteiger partial charge in [0.1, 0.15) is 5.82 Å². The van der Waals surface area contributed by atoms with Gasteiger partial charge in [0.2, 0.25) is 0 Å². The summed E-state index contributed by atoms with van der Waals surface area (Å²) >= 11 is 0. The fourth-order valence-electron chi connectivity index (χ4n) is 5.07. The van der Waals surface area contributed by atoms with Crippen molar-refractivity contribution < 1.29 is 4.74 Å². The summed E-state index contributed by atoms with van der Waals surface area (Å²) in [6, 6.07) is 4.31. The van der Waals surface area contributed by atoms with Gasteiger partial charge in [-0.25, -0.2) is 4.98 Å². The third-order valence-electron chi connectivity index (χ3n) is 6.69. The molecular weight excluding hydrogens is 350 g/mol. The Hall–Kier alpha value is -1.82. The molecule has 1 N–H and O–H groups in total. The van der Waals surface area contributed by atoms with Crippen LogP contribution in [0.1, 0.15) is 51.0 Å². The van der Waals surface area contributed by atoms with Gasteiger partial charge >= 0.3 is 0 Å². The maximum Gasteiger partial charge on any atom is 0.193 e. The molecule has 28 heavy (non-hydrogen) atoms. The van der Waals surface area contributed by atoms with Crippen molar-refractivity contribution in [3.63, 3.8) is 0 Å². The Balaban J connectivity index is 1.30. The Morgan fingerprint density at radius 1 is 1.25 bits per heavy atom. The van der Waals surface area contributed by atoms with Crippen molar-refractivity contribution in [2.24, 2.45) is 10.4 Å². The number of nitrogens with zero attached hydrogens (tertiary/aromatic N) is 4. The van der Waals surface area contributed by atoms with Gasteiger partial charge in [0.25, 0.3) is 0 Å². The van der Waals surface area contributed by atoms with E-state index in [1.807, 2.05) is 13.2 Å². The molecule has 0 radical (unpaired) electrons. The lowest BCUT2D eigenvalue weighted by molar-refractivity contribution is 0.0529. The van der Waals surface area contributed by atoms with Gasteiger partial charge in [0.15, 0.2) is 5.96 Å². The van der Waals surface area contributed by atoms with Crippen LogP contribution in [0.4, 0.5) is 5.82 Å². The Kier molecular flexibility index (Phi) is 6.04. The third-order valence-corrected chi connectivity index (χ3v) is 6.69. The predicted octanol–water partition coefficient (Wildman–Crippen LogP) is 3.04. The number of anilines is 1. The Labute approximate surface area is 169 Å². The molecule has 3 fully saturated rings. The quantitative estimate of drug-likeness (QED) is 0.640. The highest BCUT2D eigenvalue weighted by atomic mass is 16.5. The molecule has 1 aliphatic carbocycles. The van der Waals surface area contributed by atoms with Crippen molar-refractivity contribution in [3.05, 3.63) is 23.9 Å². The number of hydrogen-bond acceptors (Lipinski definition) is 4. The van der Waals surface area contributed by atoms with E-state index < -0.39 is 0 Å². The summed E-state index contributed by atoms with van der Waals surface area (Å²) in [7, 11) is 1.90. The molecule has 1 aromatic heterocycles. The zero-order valence-electron chi connectivity index (χ0n) is 17.5. The molecule has 6 heteroatoms. The van der Waals surface area contributed by atoms with Crippen molar-refractivity contribution in [2.45, 2.75) is 58.1 Å². The van der Waals surface area contributed by atoms with E-state index in [0.29, 0.717) is 5.41 Å². The van der Waals surface area contributed by atoms with Crippen molar-refractivity contribution in [1.82, 2.24) is 15.2 Å². The van der Waals surface area contributed by atoms with Crippen LogP contribution in [0, 0.1) is 5.41 Å². The first-order chi connectivity index (χ1) is 13.7. The summed E-state index contributed by atoms with van der Waals surface area (Å²) in [5.74, 6) is 2.08. The molecule has 6 nitrogen and oxygen atoms in total. The monoisotopic (exact) mass is 385 g/mol. The molecule has 1 unspecified atom stereocenters. The molecule has 1 saturated carbocycles. The van der Waals surface area contributed by atoms with Crippen LogP contribution in [0.5, 0.6) is 0 Å². The number of hydrogen-bond donors (Lipinski definition) is 1. The standard InChI is InChI=1S/C22H35N5O/c1-18-16-26(12-13-28-18)20-7-6-19(14-24-20)15-25-21(23-2)27-11-10-22(17-27)8-4-3-5-9-22/h6-7,14,18H,3-5,8-13,15-17H2,1-2H3,(H,23,25). The van der Waals surface area contributed by atoms with Gasteiger partial charge in [0, 0.05) is 46.0 Å². The SMILES string of the molecule is CN=C(NCc1ccc(N2CCOC(C)C2)nc1)N1CCC2(CCCCC2)C1. The summed E-state index contributed by atoms with van der Waals surface area (Å²) in [4.78, 5) is 14.0. The molecule has 2 aliphatic heterocycles. The highest BCUT2D eigenvalue weighted by molar-refractivity contribution is 5.80. The maximum atomic E-state index is 5.62. The first-order valence-electron chi connectivity index (χ1n) is 10.9. The van der Waals surface area contributed by atoms with Crippen molar-refractivity contribution in [2.75, 3.05) is 44.7 Å². The van der Waals surface area contributed by atoms with E-state index in [2.05, 4.69) is 44.1 Å². The lowest BCUT2D eigenvalue weighted by atomic mass is 9.73. The van der Waals surface area contributed by atoms with E-state index in [9.17, 15) is 0 Å². The van der Waals surface area contributed by atoms with E-state index in [0.717, 1.165) is 44.6 Å². The molecule has 2 saturated heterocycles. The number of ether oxygens (including phenoxy) is 1.